The van der Waals surface area contributed by atoms with Crippen LogP contribution in [0.2, 0.25) is 0 Å². The molecule has 0 heterocycles. The number of benzene rings is 1. The van der Waals surface area contributed by atoms with Gasteiger partial charge in [-0.25, -0.2) is 9.59 Å². The summed E-state index contributed by atoms with van der Waals surface area (Å²) in [7, 11) is 0. The van der Waals surface area contributed by atoms with Crippen LogP contribution in [0.5, 0.6) is 0 Å². The summed E-state index contributed by atoms with van der Waals surface area (Å²) < 4.78 is 0. The van der Waals surface area contributed by atoms with E-state index in [9.17, 15) is 9.59 Å². The van der Waals surface area contributed by atoms with Gasteiger partial charge in [0.25, 0.3) is 0 Å². The summed E-state index contributed by atoms with van der Waals surface area (Å²) >= 11 is 10.5. The number of alkyl halides is 2. The molecule has 0 unspecified atom stereocenters. The minimum absolute atomic E-state index is 0.0265. The number of hydrogen-bond acceptors (Lipinski definition) is 4. The first-order valence-corrected chi connectivity index (χ1v) is 5.71. The van der Waals surface area contributed by atoms with Crippen LogP contribution in [0, 0.1) is 0 Å². The van der Waals surface area contributed by atoms with Crippen LogP contribution in [-0.2, 0) is 20.8 Å². The predicted molar refractivity (Wildman–Crippen MR) is 66.8 cm³/mol. The molecule has 1 aromatic rings. The number of oxime groups is 1. The van der Waals surface area contributed by atoms with Gasteiger partial charge in [-0.15, -0.1) is 0 Å². The van der Waals surface area contributed by atoms with E-state index in [0.29, 0.717) is 0 Å². The highest BCUT2D eigenvalue weighted by atomic mass is 35.5. The molecule has 0 spiro atoms. The van der Waals surface area contributed by atoms with Crippen LogP contribution in [0.15, 0.2) is 35.5 Å². The molecule has 0 aliphatic carbocycles. The molecule has 18 heavy (non-hydrogen) atoms. The second-order valence-electron chi connectivity index (χ2n) is 3.22. The minimum Gasteiger partial charge on any atom is -0.477 e. The zero-order chi connectivity index (χ0) is 13.5. The number of hydrogen-bond donors (Lipinski definition) is 1. The van der Waals surface area contributed by atoms with Crippen molar-refractivity contribution >= 4 is 40.9 Å². The van der Waals surface area contributed by atoms with Crippen molar-refractivity contribution in [2.75, 3.05) is 0 Å². The molecule has 0 amide bonds. The van der Waals surface area contributed by atoms with Gasteiger partial charge in [-0.05, 0) is 5.56 Å². The molecule has 0 bridgehead atoms. The summed E-state index contributed by atoms with van der Waals surface area (Å²) in [4.78, 5) is 24.7. The fourth-order valence-electron chi connectivity index (χ4n) is 1.08. The fraction of sp³-hybridized carbons (Fsp3) is 0.182. The largest absolute Gasteiger partial charge is 0.477 e. The van der Waals surface area contributed by atoms with Gasteiger partial charge in [0, 0.05) is 6.42 Å². The maximum absolute atomic E-state index is 10.9. The van der Waals surface area contributed by atoms with Gasteiger partial charge in [0.15, 0.2) is 5.71 Å². The number of nitrogens with zero attached hydrogens (tertiary/aromatic N) is 1. The minimum atomic E-state index is -1.40. The molecular weight excluding hydrogens is 281 g/mol. The third-order valence-electron chi connectivity index (χ3n) is 1.89. The summed E-state index contributed by atoms with van der Waals surface area (Å²) in [6, 6.07) is 8.77. The summed E-state index contributed by atoms with van der Waals surface area (Å²) in [6.45, 7) is 0. The molecule has 0 saturated heterocycles. The van der Waals surface area contributed by atoms with Crippen molar-refractivity contribution in [3.63, 3.8) is 0 Å². The highest BCUT2D eigenvalue weighted by Gasteiger charge is 2.16. The van der Waals surface area contributed by atoms with Gasteiger partial charge in [0.05, 0.1) is 0 Å². The molecule has 0 fully saturated rings. The zero-order valence-electron chi connectivity index (χ0n) is 9.05. The smallest absolute Gasteiger partial charge is 0.367 e. The Balaban J connectivity index is 2.75. The summed E-state index contributed by atoms with van der Waals surface area (Å²) in [6.07, 6.45) is 0.0265. The molecule has 0 aliphatic heterocycles. The number of carbonyl (C=O) groups is 2. The third kappa shape index (κ3) is 4.73. The van der Waals surface area contributed by atoms with E-state index in [1.54, 1.807) is 30.3 Å². The number of carboxylic acids is 1. The van der Waals surface area contributed by atoms with Crippen LogP contribution in [-0.4, -0.2) is 27.6 Å². The quantitative estimate of drug-likeness (QED) is 0.389. The topological polar surface area (TPSA) is 76.0 Å². The molecule has 96 valence electrons. The summed E-state index contributed by atoms with van der Waals surface area (Å²) in [5, 5.41) is 12.1. The second kappa shape index (κ2) is 6.98. The molecule has 1 rings (SSSR count). The van der Waals surface area contributed by atoms with Crippen LogP contribution < -0.4 is 0 Å². The van der Waals surface area contributed by atoms with Crippen molar-refractivity contribution in [1.29, 1.82) is 0 Å². The zero-order valence-corrected chi connectivity index (χ0v) is 10.6. The van der Waals surface area contributed by atoms with Gasteiger partial charge in [-0.2, -0.15) is 0 Å². The van der Waals surface area contributed by atoms with E-state index in [-0.39, 0.29) is 12.1 Å². The van der Waals surface area contributed by atoms with Gasteiger partial charge in [0.1, 0.15) is 0 Å². The van der Waals surface area contributed by atoms with Gasteiger partial charge >= 0.3 is 11.9 Å². The second-order valence-corrected chi connectivity index (χ2v) is 4.31. The Kier molecular flexibility index (Phi) is 5.61. The molecular formula is C11H9Cl2NO4. The Hall–Kier alpha value is -1.59. The first-order chi connectivity index (χ1) is 8.50. The lowest BCUT2D eigenvalue weighted by atomic mass is 10.1. The standard InChI is InChI=1S/C11H9Cl2NO4/c12-9(13)11(17)18-14-8(10(15)16)6-7-4-2-1-3-5-7/h1-5,9H,6H2,(H,15,16). The predicted octanol–water partition coefficient (Wildman–Crippen LogP) is 2.02. The van der Waals surface area contributed by atoms with E-state index in [4.69, 9.17) is 28.3 Å². The maximum atomic E-state index is 10.9. The molecule has 0 saturated carbocycles. The number of halogens is 2. The third-order valence-corrected chi connectivity index (χ3v) is 2.24. The summed E-state index contributed by atoms with van der Waals surface area (Å²) in [5.41, 5.74) is 0.409. The Morgan fingerprint density at radius 1 is 1.28 bits per heavy atom. The fourth-order valence-corrected chi connectivity index (χ4v) is 1.16. The van der Waals surface area contributed by atoms with E-state index in [1.165, 1.54) is 0 Å². The van der Waals surface area contributed by atoms with E-state index in [1.807, 2.05) is 0 Å². The van der Waals surface area contributed by atoms with Gasteiger partial charge in [-0.3, -0.25) is 0 Å². The first-order valence-electron chi connectivity index (χ1n) is 4.84. The number of aliphatic carboxylic acids is 1. The lowest BCUT2D eigenvalue weighted by Crippen LogP contribution is -2.18. The van der Waals surface area contributed by atoms with Crippen LogP contribution in [0.3, 0.4) is 0 Å². The van der Waals surface area contributed by atoms with Crippen LogP contribution in [0.1, 0.15) is 5.56 Å². The summed E-state index contributed by atoms with van der Waals surface area (Å²) in [5.74, 6) is -2.31. The monoisotopic (exact) mass is 289 g/mol. The van der Waals surface area contributed by atoms with Gasteiger partial charge in [-0.1, -0.05) is 58.7 Å². The average molecular weight is 290 g/mol. The van der Waals surface area contributed by atoms with E-state index in [2.05, 4.69) is 9.99 Å². The van der Waals surface area contributed by atoms with Crippen LogP contribution in [0.4, 0.5) is 0 Å². The van der Waals surface area contributed by atoms with Crippen LogP contribution in [0.25, 0.3) is 0 Å². The lowest BCUT2D eigenvalue weighted by Gasteiger charge is -2.02. The normalized spacial score (nSPS) is 11.4. The molecule has 0 radical (unpaired) electrons. The Morgan fingerprint density at radius 3 is 2.39 bits per heavy atom. The van der Waals surface area contributed by atoms with Crippen molar-refractivity contribution < 1.29 is 19.5 Å². The molecule has 1 aromatic carbocycles. The Labute approximate surface area is 113 Å². The number of carboxylic acid groups (broad SMARTS) is 1. The van der Waals surface area contributed by atoms with Crippen LogP contribution >= 0.6 is 23.2 Å². The molecule has 7 heteroatoms. The molecule has 0 aromatic heterocycles. The first kappa shape index (κ1) is 14.5. The number of rotatable bonds is 5. The highest BCUT2D eigenvalue weighted by molar-refractivity contribution is 6.52. The van der Waals surface area contributed by atoms with Crippen molar-refractivity contribution in [2.45, 2.75) is 11.3 Å². The molecule has 5 nitrogen and oxygen atoms in total. The van der Waals surface area contributed by atoms with Crippen molar-refractivity contribution in [2.24, 2.45) is 5.16 Å². The van der Waals surface area contributed by atoms with E-state index in [0.717, 1.165) is 5.56 Å². The van der Waals surface area contributed by atoms with Gasteiger partial charge in [0.2, 0.25) is 4.84 Å². The maximum Gasteiger partial charge on any atom is 0.367 e. The van der Waals surface area contributed by atoms with E-state index >= 15 is 0 Å². The van der Waals surface area contributed by atoms with E-state index < -0.39 is 16.8 Å². The molecule has 1 N–H and O–H groups in total. The number of carbonyl (C=O) groups excluding carboxylic acids is 1. The van der Waals surface area contributed by atoms with Crippen molar-refractivity contribution in [1.82, 2.24) is 0 Å². The Bertz CT molecular complexity index is 459. The molecule has 0 atom stereocenters. The Morgan fingerprint density at radius 2 is 1.89 bits per heavy atom. The lowest BCUT2D eigenvalue weighted by molar-refractivity contribution is -0.141. The SMILES string of the molecule is O=C(O)C(Cc1ccccc1)=NOC(=O)C(Cl)Cl. The molecule has 0 aliphatic rings. The highest BCUT2D eigenvalue weighted by Crippen LogP contribution is 2.06. The van der Waals surface area contributed by atoms with Gasteiger partial charge < -0.3 is 9.94 Å². The average Bonchev–Trinajstić information content (AvgIpc) is 2.34. The van der Waals surface area contributed by atoms with Crippen molar-refractivity contribution in [3.8, 4) is 0 Å². The van der Waals surface area contributed by atoms with Crippen molar-refractivity contribution in [3.05, 3.63) is 35.9 Å².